The summed E-state index contributed by atoms with van der Waals surface area (Å²) in [5, 5.41) is 50.2. The van der Waals surface area contributed by atoms with Gasteiger partial charge in [0.1, 0.15) is 42.7 Å². The van der Waals surface area contributed by atoms with E-state index in [0.717, 1.165) is 83.5 Å². The molecule has 0 aromatic heterocycles. The second kappa shape index (κ2) is 36.9. The van der Waals surface area contributed by atoms with Crippen molar-refractivity contribution in [3.63, 3.8) is 0 Å². The van der Waals surface area contributed by atoms with E-state index in [9.17, 15) is 39.8 Å². The molecule has 1 aliphatic carbocycles. The summed E-state index contributed by atoms with van der Waals surface area (Å²) < 4.78 is 34.2. The molecule has 1 fully saturated rings. The van der Waals surface area contributed by atoms with Crippen LogP contribution in [0.4, 0.5) is 0 Å². The summed E-state index contributed by atoms with van der Waals surface area (Å²) in [5.41, 5.74) is 0. The Morgan fingerprint density at radius 1 is 0.559 bits per heavy atom. The summed E-state index contributed by atoms with van der Waals surface area (Å²) in [4.78, 5) is 23.1. The van der Waals surface area contributed by atoms with Crippen molar-refractivity contribution in [1.82, 2.24) is 0 Å². The third kappa shape index (κ3) is 29.3. The smallest absolute Gasteiger partial charge is 0.457 e. The number of aliphatic hydroxyl groups is 5. The van der Waals surface area contributed by atoms with Crippen molar-refractivity contribution in [2.45, 2.75) is 217 Å². The lowest BCUT2D eigenvalue weighted by Gasteiger charge is -2.41. The molecule has 344 valence electrons. The third-order valence-electron chi connectivity index (χ3n) is 10.5. The lowest BCUT2D eigenvalue weighted by atomic mass is 9.85. The Hall–Kier alpha value is -1.70. The molecule has 1 aliphatic rings. The molecule has 6 atom stereocenters. The van der Waals surface area contributed by atoms with Crippen molar-refractivity contribution >= 4 is 13.8 Å². The first-order chi connectivity index (χ1) is 28.5. The van der Waals surface area contributed by atoms with Crippen LogP contribution in [0.2, 0.25) is 0 Å². The van der Waals surface area contributed by atoms with Crippen molar-refractivity contribution in [2.75, 3.05) is 19.8 Å². The molecule has 12 nitrogen and oxygen atoms in total. The van der Waals surface area contributed by atoms with Gasteiger partial charge in [-0.1, -0.05) is 165 Å². The van der Waals surface area contributed by atoms with Crippen LogP contribution in [0.15, 0.2) is 48.6 Å². The minimum Gasteiger partial charge on any atom is -0.457 e. The van der Waals surface area contributed by atoms with Gasteiger partial charge in [-0.3, -0.25) is 13.8 Å². The number of carbonyl (C=O) groups is 1. The second-order valence-electron chi connectivity index (χ2n) is 15.9. The van der Waals surface area contributed by atoms with Gasteiger partial charge >= 0.3 is 13.8 Å². The monoisotopic (exact) mass is 859 g/mol. The molecule has 0 saturated heterocycles. The standard InChI is InChI=1S/C46H83O12P/c1-3-5-7-9-11-13-15-17-19-20-21-22-24-26-28-30-32-34-36-55-37-39(38-56-59(53,54)58-46-44(51)42(49)41(48)43(50)45(46)52)57-40(47)35-33-31-29-27-25-23-18-16-14-12-10-8-6-4-2/h5,7,11,13,17,19,21-22,39,41-46,48-52H,3-4,6,8-10,12,14-16,18,20,23-38H2,1-2H3,(H,53,54)/b7-5-,13-11-,19-17-,22-21-. The summed E-state index contributed by atoms with van der Waals surface area (Å²) >= 11 is 0. The van der Waals surface area contributed by atoms with Crippen LogP contribution < -0.4 is 0 Å². The maximum absolute atomic E-state index is 12.8. The number of allylic oxidation sites excluding steroid dienone is 8. The van der Waals surface area contributed by atoms with E-state index in [2.05, 4.69) is 62.5 Å². The molecule has 1 saturated carbocycles. The SMILES string of the molecule is CC/C=C\C/C=C\C/C=C\C/C=C\CCCCCCCOCC(COP(=O)(O)OC1C(O)C(O)C(O)C(O)C1O)OC(=O)CCCCCCCCCCCCCCCC. The normalized spacial score (nSPS) is 22.9. The molecule has 0 aliphatic heterocycles. The Labute approximate surface area is 356 Å². The van der Waals surface area contributed by atoms with Crippen LogP contribution in [0.25, 0.3) is 0 Å². The van der Waals surface area contributed by atoms with Crippen LogP contribution in [-0.4, -0.2) is 98.9 Å². The first-order valence-corrected chi connectivity index (χ1v) is 24.5. The van der Waals surface area contributed by atoms with Gasteiger partial charge in [0, 0.05) is 13.0 Å². The molecule has 0 bridgehead atoms. The zero-order valence-corrected chi connectivity index (χ0v) is 37.4. The van der Waals surface area contributed by atoms with E-state index < -0.39 is 63.1 Å². The van der Waals surface area contributed by atoms with Gasteiger partial charge in [-0.05, 0) is 51.4 Å². The van der Waals surface area contributed by atoms with Crippen LogP contribution >= 0.6 is 7.82 Å². The molecule has 0 amide bonds. The van der Waals surface area contributed by atoms with E-state index >= 15 is 0 Å². The Kier molecular flexibility index (Phi) is 34.6. The van der Waals surface area contributed by atoms with Crippen LogP contribution in [0.5, 0.6) is 0 Å². The second-order valence-corrected chi connectivity index (χ2v) is 17.3. The van der Waals surface area contributed by atoms with Crippen molar-refractivity contribution in [3.05, 3.63) is 48.6 Å². The number of hydrogen-bond donors (Lipinski definition) is 6. The highest BCUT2D eigenvalue weighted by atomic mass is 31.2. The highest BCUT2D eigenvalue weighted by molar-refractivity contribution is 7.47. The summed E-state index contributed by atoms with van der Waals surface area (Å²) in [5.74, 6) is -0.485. The van der Waals surface area contributed by atoms with Gasteiger partial charge in [0.2, 0.25) is 0 Å². The highest BCUT2D eigenvalue weighted by Gasteiger charge is 2.51. The fraction of sp³-hybridized carbons (Fsp3) is 0.804. The third-order valence-corrected chi connectivity index (χ3v) is 11.5. The van der Waals surface area contributed by atoms with Crippen LogP contribution in [0.3, 0.4) is 0 Å². The zero-order chi connectivity index (χ0) is 43.4. The lowest BCUT2D eigenvalue weighted by Crippen LogP contribution is -2.64. The van der Waals surface area contributed by atoms with E-state index in [1.165, 1.54) is 64.2 Å². The van der Waals surface area contributed by atoms with Crippen LogP contribution in [0.1, 0.15) is 174 Å². The summed E-state index contributed by atoms with van der Waals surface area (Å²) in [7, 11) is -5.02. The van der Waals surface area contributed by atoms with Gasteiger partial charge in [0.25, 0.3) is 0 Å². The van der Waals surface area contributed by atoms with E-state index in [0.29, 0.717) is 13.0 Å². The van der Waals surface area contributed by atoms with E-state index in [4.69, 9.17) is 18.5 Å². The maximum atomic E-state index is 12.8. The molecule has 0 aromatic carbocycles. The average molecular weight is 859 g/mol. The molecular formula is C46H83O12P. The molecule has 6 N–H and O–H groups in total. The fourth-order valence-electron chi connectivity index (χ4n) is 6.82. The summed E-state index contributed by atoms with van der Waals surface area (Å²) in [6.07, 6.45) is 31.8. The first-order valence-electron chi connectivity index (χ1n) is 23.0. The van der Waals surface area contributed by atoms with E-state index in [1.807, 2.05) is 0 Å². The Morgan fingerprint density at radius 2 is 1.00 bits per heavy atom. The molecule has 0 aromatic rings. The Morgan fingerprint density at radius 3 is 1.53 bits per heavy atom. The minimum atomic E-state index is -5.02. The number of ether oxygens (including phenoxy) is 2. The Balaban J connectivity index is 2.41. The molecule has 0 heterocycles. The van der Waals surface area contributed by atoms with Gasteiger partial charge in [0.05, 0.1) is 13.2 Å². The van der Waals surface area contributed by atoms with Crippen LogP contribution in [0, 0.1) is 0 Å². The minimum absolute atomic E-state index is 0.0887. The highest BCUT2D eigenvalue weighted by Crippen LogP contribution is 2.47. The zero-order valence-electron chi connectivity index (χ0n) is 36.5. The van der Waals surface area contributed by atoms with Gasteiger partial charge in [-0.2, -0.15) is 0 Å². The molecule has 1 rings (SSSR count). The average Bonchev–Trinajstić information content (AvgIpc) is 3.22. The summed E-state index contributed by atoms with van der Waals surface area (Å²) in [6, 6.07) is 0. The molecule has 59 heavy (non-hydrogen) atoms. The number of rotatable bonds is 38. The number of esters is 1. The van der Waals surface area contributed by atoms with Gasteiger partial charge in [-0.15, -0.1) is 0 Å². The summed E-state index contributed by atoms with van der Waals surface area (Å²) in [6.45, 7) is 4.10. The van der Waals surface area contributed by atoms with E-state index in [-0.39, 0.29) is 13.0 Å². The topological polar surface area (TPSA) is 192 Å². The molecule has 0 spiro atoms. The molecule has 6 unspecified atom stereocenters. The molecule has 0 radical (unpaired) electrons. The van der Waals surface area contributed by atoms with Crippen molar-refractivity contribution in [2.24, 2.45) is 0 Å². The molecular weight excluding hydrogens is 775 g/mol. The number of aliphatic hydroxyl groups excluding tert-OH is 5. The number of phosphoric ester groups is 1. The van der Waals surface area contributed by atoms with Gasteiger partial charge in [-0.25, -0.2) is 4.57 Å². The fourth-order valence-corrected chi connectivity index (χ4v) is 7.79. The quantitative estimate of drug-likeness (QED) is 0.0150. The first kappa shape index (κ1) is 55.3. The number of carbonyl (C=O) groups excluding carboxylic acids is 1. The van der Waals surface area contributed by atoms with Crippen molar-refractivity contribution in [1.29, 1.82) is 0 Å². The van der Waals surface area contributed by atoms with Crippen molar-refractivity contribution in [3.8, 4) is 0 Å². The maximum Gasteiger partial charge on any atom is 0.472 e. The van der Waals surface area contributed by atoms with Crippen LogP contribution in [-0.2, 0) is 27.9 Å². The van der Waals surface area contributed by atoms with Crippen molar-refractivity contribution < 1.29 is 58.3 Å². The molecule has 13 heteroatoms. The predicted octanol–water partition coefficient (Wildman–Crippen LogP) is 9.25. The van der Waals surface area contributed by atoms with Gasteiger partial charge < -0.3 is 39.9 Å². The van der Waals surface area contributed by atoms with Gasteiger partial charge in [0.15, 0.2) is 0 Å². The van der Waals surface area contributed by atoms with E-state index in [1.54, 1.807) is 0 Å². The lowest BCUT2D eigenvalue weighted by molar-refractivity contribution is -0.220. The predicted molar refractivity (Wildman–Crippen MR) is 235 cm³/mol. The number of unbranched alkanes of at least 4 members (excludes halogenated alkanes) is 18. The Bertz CT molecular complexity index is 1160. The number of phosphoric acid groups is 1. The number of hydrogen-bond acceptors (Lipinski definition) is 11. The largest absolute Gasteiger partial charge is 0.472 e.